The van der Waals surface area contributed by atoms with Crippen LogP contribution in [0.15, 0.2) is 128 Å². The number of hydrogen-bond acceptors (Lipinski definition) is 3. The topological polar surface area (TPSA) is 35.0 Å². The van der Waals surface area contributed by atoms with Crippen molar-refractivity contribution in [3.63, 3.8) is 0 Å². The van der Waals surface area contributed by atoms with Crippen LogP contribution in [0.2, 0.25) is 0 Å². The van der Waals surface area contributed by atoms with Crippen LogP contribution < -0.4 is 4.74 Å². The molecule has 0 bridgehead atoms. The number of fused-ring (bicyclic) bond motifs is 5. The first-order chi connectivity index (χ1) is 19.7. The van der Waals surface area contributed by atoms with E-state index in [2.05, 4.69) is 84.5 Å². The molecule has 4 aromatic carbocycles. The molecule has 0 atom stereocenters. The third-order valence-electron chi connectivity index (χ3n) is 6.90. The fourth-order valence-corrected chi connectivity index (χ4v) is 4.80. The number of aromatic nitrogens is 2. The molecule has 6 aromatic rings. The maximum absolute atomic E-state index is 6.22. The van der Waals surface area contributed by atoms with Gasteiger partial charge in [-0.15, -0.1) is 59.7 Å². The van der Waals surface area contributed by atoms with Crippen molar-refractivity contribution in [3.05, 3.63) is 145 Å². The molecular weight excluding hydrogens is 681 g/mol. The molecule has 2 aromatic heterocycles. The maximum Gasteiger partial charge on any atom is 0.122 e. The fourth-order valence-electron chi connectivity index (χ4n) is 4.80. The number of benzene rings is 4. The zero-order valence-corrected chi connectivity index (χ0v) is 25.2. The minimum absolute atomic E-state index is 0. The van der Waals surface area contributed by atoms with Gasteiger partial charge in [0.25, 0.3) is 0 Å². The molecule has 4 heteroatoms. The summed E-state index contributed by atoms with van der Waals surface area (Å²) in [6, 6.07) is 45.1. The zero-order valence-electron chi connectivity index (χ0n) is 22.8. The molecule has 1 aliphatic heterocycles. The fraction of sp³-hybridized carbons (Fsp3) is 0.0811. The second-order valence-corrected chi connectivity index (χ2v) is 9.89. The first-order valence-electron chi connectivity index (χ1n) is 13.4. The van der Waals surface area contributed by atoms with E-state index in [0.717, 1.165) is 50.7 Å². The van der Waals surface area contributed by atoms with Crippen LogP contribution in [0.1, 0.15) is 25.3 Å². The van der Waals surface area contributed by atoms with Gasteiger partial charge in [-0.2, -0.15) is 0 Å². The van der Waals surface area contributed by atoms with E-state index in [1.807, 2.05) is 72.9 Å². The van der Waals surface area contributed by atoms with Crippen molar-refractivity contribution in [2.24, 2.45) is 0 Å². The molecule has 0 N–H and O–H groups in total. The van der Waals surface area contributed by atoms with Gasteiger partial charge in [-0.3, -0.25) is 0 Å². The molecule has 0 saturated carbocycles. The van der Waals surface area contributed by atoms with Gasteiger partial charge in [-0.1, -0.05) is 85.6 Å². The Balaban J connectivity index is 0.000000182. The van der Waals surface area contributed by atoms with Gasteiger partial charge in [-0.25, -0.2) is 0 Å². The van der Waals surface area contributed by atoms with Crippen molar-refractivity contribution in [2.75, 3.05) is 0 Å². The number of pyridine rings is 2. The summed E-state index contributed by atoms with van der Waals surface area (Å²) >= 11 is 0. The third-order valence-corrected chi connectivity index (χ3v) is 6.90. The van der Waals surface area contributed by atoms with Crippen molar-refractivity contribution in [1.82, 2.24) is 9.97 Å². The zero-order chi connectivity index (χ0) is 27.3. The van der Waals surface area contributed by atoms with E-state index in [1.165, 1.54) is 11.1 Å². The summed E-state index contributed by atoms with van der Waals surface area (Å²) in [6.07, 6.45) is 3.67. The van der Waals surface area contributed by atoms with Gasteiger partial charge in [0, 0.05) is 38.1 Å². The van der Waals surface area contributed by atoms with E-state index < -0.39 is 0 Å². The first kappa shape index (κ1) is 28.2. The van der Waals surface area contributed by atoms with Crippen LogP contribution in [0.4, 0.5) is 0 Å². The van der Waals surface area contributed by atoms with Gasteiger partial charge in [0.15, 0.2) is 0 Å². The summed E-state index contributed by atoms with van der Waals surface area (Å²) in [5.74, 6) is 2.22. The number of ether oxygens (including phenoxy) is 1. The normalized spacial score (nSPS) is 10.9. The molecular formula is C37H28IrN2O-2. The molecule has 0 spiro atoms. The van der Waals surface area contributed by atoms with Crippen molar-refractivity contribution in [1.29, 1.82) is 0 Å². The Morgan fingerprint density at radius 3 is 2.02 bits per heavy atom. The van der Waals surface area contributed by atoms with Crippen LogP contribution in [0.25, 0.3) is 44.8 Å². The van der Waals surface area contributed by atoms with Crippen LogP contribution in [-0.4, -0.2) is 9.97 Å². The third kappa shape index (κ3) is 6.20. The van der Waals surface area contributed by atoms with Gasteiger partial charge < -0.3 is 14.7 Å². The monoisotopic (exact) mass is 709 g/mol. The molecule has 3 heterocycles. The van der Waals surface area contributed by atoms with Crippen molar-refractivity contribution in [2.45, 2.75) is 19.8 Å². The molecule has 1 aliphatic rings. The molecule has 0 unspecified atom stereocenters. The Hall–Kier alpha value is -4.37. The van der Waals surface area contributed by atoms with E-state index in [9.17, 15) is 0 Å². The van der Waals surface area contributed by atoms with Crippen molar-refractivity contribution in [3.8, 4) is 56.3 Å². The van der Waals surface area contributed by atoms with Crippen molar-refractivity contribution >= 4 is 0 Å². The largest absolute Gasteiger partial charge is 0.500 e. The number of nitrogens with zero attached hydrogens (tertiary/aromatic N) is 2. The van der Waals surface area contributed by atoms with E-state index in [-0.39, 0.29) is 20.1 Å². The molecule has 0 fully saturated rings. The summed E-state index contributed by atoms with van der Waals surface area (Å²) in [4.78, 5) is 8.81. The Kier molecular flexibility index (Phi) is 8.84. The number of hydrogen-bond donors (Lipinski definition) is 0. The number of para-hydroxylation sites is 1. The van der Waals surface area contributed by atoms with Gasteiger partial charge in [-0.05, 0) is 46.6 Å². The quantitative estimate of drug-likeness (QED) is 0.172. The summed E-state index contributed by atoms with van der Waals surface area (Å²) in [6.45, 7) is 4.38. The standard InChI is InChI=1S/C23H14NO.C14H14N.Ir/c1-2-8-18-17(7-1)19-9-3-4-11-22(19)25-23-13-12-16(15-20(18)23)21-10-5-6-14-24-21;1-11(2)13-8-9-15-14(10-13)12-6-4-3-5-7-12;/h1-11,13-15H;3-6,8-11H,1-2H3;/q2*-1;. The molecule has 3 nitrogen and oxygen atoms in total. The summed E-state index contributed by atoms with van der Waals surface area (Å²) in [5, 5.41) is 0. The van der Waals surface area contributed by atoms with Crippen molar-refractivity contribution < 1.29 is 24.8 Å². The summed E-state index contributed by atoms with van der Waals surface area (Å²) in [5.41, 5.74) is 9.75. The van der Waals surface area contributed by atoms with Crippen LogP contribution in [-0.2, 0) is 20.1 Å². The average molecular weight is 709 g/mol. The van der Waals surface area contributed by atoms with Crippen LogP contribution in [0, 0.1) is 12.1 Å². The summed E-state index contributed by atoms with van der Waals surface area (Å²) < 4.78 is 6.22. The van der Waals surface area contributed by atoms with Crippen LogP contribution in [0.5, 0.6) is 11.5 Å². The van der Waals surface area contributed by atoms with Crippen LogP contribution >= 0.6 is 0 Å². The minimum Gasteiger partial charge on any atom is -0.500 e. The van der Waals surface area contributed by atoms with E-state index >= 15 is 0 Å². The molecule has 1 radical (unpaired) electrons. The Morgan fingerprint density at radius 2 is 1.29 bits per heavy atom. The molecule has 41 heavy (non-hydrogen) atoms. The predicted molar refractivity (Wildman–Crippen MR) is 162 cm³/mol. The average Bonchev–Trinajstić information content (AvgIpc) is 3.16. The first-order valence-corrected chi connectivity index (χ1v) is 13.4. The smallest absolute Gasteiger partial charge is 0.122 e. The molecule has 0 aliphatic carbocycles. The Bertz CT molecular complexity index is 1750. The second kappa shape index (κ2) is 12.9. The second-order valence-electron chi connectivity index (χ2n) is 9.89. The van der Waals surface area contributed by atoms with E-state index in [0.29, 0.717) is 5.92 Å². The number of rotatable bonds is 3. The molecule has 203 valence electrons. The molecule has 0 saturated heterocycles. The van der Waals surface area contributed by atoms with Gasteiger partial charge >= 0.3 is 0 Å². The molecule has 0 amide bonds. The Labute approximate surface area is 255 Å². The Morgan fingerprint density at radius 1 is 0.585 bits per heavy atom. The molecule has 7 rings (SSSR count). The van der Waals surface area contributed by atoms with Gasteiger partial charge in [0.05, 0.1) is 5.75 Å². The minimum atomic E-state index is 0. The van der Waals surface area contributed by atoms with E-state index in [1.54, 1.807) is 6.20 Å². The van der Waals surface area contributed by atoms with E-state index in [4.69, 9.17) is 4.74 Å². The maximum atomic E-state index is 6.22. The van der Waals surface area contributed by atoms with Gasteiger partial charge in [0.2, 0.25) is 0 Å². The van der Waals surface area contributed by atoms with Gasteiger partial charge in [0.1, 0.15) is 5.75 Å². The SMILES string of the molecule is CC(C)c1ccnc(-c2[c-]cccc2)c1.[Ir].[c-]1cc2c(cc1-c1ccccn1)-c1ccccc1-c1ccccc1O2. The van der Waals surface area contributed by atoms with Crippen LogP contribution in [0.3, 0.4) is 0 Å². The predicted octanol–water partition coefficient (Wildman–Crippen LogP) is 9.66. The summed E-state index contributed by atoms with van der Waals surface area (Å²) in [7, 11) is 0.